The highest BCUT2D eigenvalue weighted by Crippen LogP contribution is 2.21. The number of aromatic nitrogens is 2. The Labute approximate surface area is 150 Å². The van der Waals surface area contributed by atoms with Crippen LogP contribution in [-0.4, -0.2) is 65.3 Å². The lowest BCUT2D eigenvalue weighted by Gasteiger charge is -2.36. The molecule has 2 aromatic rings. The molecule has 134 valence electrons. The molecule has 0 N–H and O–H groups in total. The summed E-state index contributed by atoms with van der Waals surface area (Å²) < 4.78 is 7.49. The van der Waals surface area contributed by atoms with Crippen LogP contribution in [0.1, 0.15) is 18.4 Å². The van der Waals surface area contributed by atoms with Gasteiger partial charge in [-0.2, -0.15) is 0 Å². The topological polar surface area (TPSA) is 33.5 Å². The van der Waals surface area contributed by atoms with Gasteiger partial charge in [-0.05, 0) is 49.5 Å². The summed E-state index contributed by atoms with van der Waals surface area (Å²) >= 11 is 0. The van der Waals surface area contributed by atoms with Crippen LogP contribution in [-0.2, 0) is 11.3 Å². The minimum atomic E-state index is 0.859. The second-order valence-electron chi connectivity index (χ2n) is 7.27. The van der Waals surface area contributed by atoms with E-state index in [0.717, 1.165) is 38.8 Å². The lowest BCUT2D eigenvalue weighted by molar-refractivity contribution is 0.0242. The van der Waals surface area contributed by atoms with Crippen molar-refractivity contribution in [2.45, 2.75) is 19.4 Å². The lowest BCUT2D eigenvalue weighted by atomic mass is 9.95. The van der Waals surface area contributed by atoms with E-state index in [9.17, 15) is 0 Å². The van der Waals surface area contributed by atoms with Crippen LogP contribution in [0.25, 0.3) is 5.69 Å². The first-order chi connectivity index (χ1) is 12.4. The fourth-order valence-corrected chi connectivity index (χ4v) is 3.92. The van der Waals surface area contributed by atoms with Crippen molar-refractivity contribution in [3.63, 3.8) is 0 Å². The maximum atomic E-state index is 5.45. The van der Waals surface area contributed by atoms with Crippen LogP contribution in [0.2, 0.25) is 0 Å². The number of ether oxygens (including phenoxy) is 1. The molecule has 0 bridgehead atoms. The SMILES string of the molecule is c1cn(-c2ccc(CN3CCC(CN4CCOCC4)CC3)cc2)cn1. The number of benzene rings is 1. The van der Waals surface area contributed by atoms with E-state index in [1.54, 1.807) is 0 Å². The van der Waals surface area contributed by atoms with Gasteiger partial charge >= 0.3 is 0 Å². The third-order valence-electron chi connectivity index (χ3n) is 5.47. The van der Waals surface area contributed by atoms with Gasteiger partial charge in [0.25, 0.3) is 0 Å². The highest BCUT2D eigenvalue weighted by atomic mass is 16.5. The van der Waals surface area contributed by atoms with Crippen molar-refractivity contribution in [1.29, 1.82) is 0 Å². The van der Waals surface area contributed by atoms with Crippen LogP contribution >= 0.6 is 0 Å². The third kappa shape index (κ3) is 4.48. The first-order valence-electron chi connectivity index (χ1n) is 9.46. The van der Waals surface area contributed by atoms with Crippen LogP contribution < -0.4 is 0 Å². The van der Waals surface area contributed by atoms with E-state index in [1.807, 2.05) is 23.3 Å². The molecular formula is C20H28N4O. The predicted molar refractivity (Wildman–Crippen MR) is 98.8 cm³/mol. The molecule has 1 aromatic carbocycles. The fourth-order valence-electron chi connectivity index (χ4n) is 3.92. The van der Waals surface area contributed by atoms with E-state index in [-0.39, 0.29) is 0 Å². The molecule has 0 unspecified atom stereocenters. The van der Waals surface area contributed by atoms with Gasteiger partial charge in [0, 0.05) is 44.3 Å². The summed E-state index contributed by atoms with van der Waals surface area (Å²) in [6.45, 7) is 8.82. The Morgan fingerprint density at radius 1 is 0.960 bits per heavy atom. The monoisotopic (exact) mass is 340 g/mol. The van der Waals surface area contributed by atoms with Gasteiger partial charge in [-0.1, -0.05) is 12.1 Å². The van der Waals surface area contributed by atoms with E-state index in [1.165, 1.54) is 43.7 Å². The molecule has 0 amide bonds. The average Bonchev–Trinajstić information content (AvgIpc) is 3.20. The summed E-state index contributed by atoms with van der Waals surface area (Å²) in [6, 6.07) is 8.86. The summed E-state index contributed by atoms with van der Waals surface area (Å²) in [5, 5.41) is 0. The standard InChI is InChI=1S/C20H28N4O/c1-3-20(24-10-7-21-17-24)4-2-18(1)15-22-8-5-19(6-9-22)16-23-11-13-25-14-12-23/h1-4,7,10,17,19H,5-6,8-9,11-16H2. The molecule has 2 fully saturated rings. The zero-order valence-electron chi connectivity index (χ0n) is 14.9. The number of imidazole rings is 1. The Balaban J connectivity index is 1.24. The van der Waals surface area contributed by atoms with Crippen LogP contribution in [0.3, 0.4) is 0 Å². The van der Waals surface area contributed by atoms with Crippen molar-refractivity contribution in [2.24, 2.45) is 5.92 Å². The molecule has 5 heteroatoms. The Morgan fingerprint density at radius 2 is 1.72 bits per heavy atom. The molecule has 0 spiro atoms. The van der Waals surface area contributed by atoms with Gasteiger partial charge in [0.2, 0.25) is 0 Å². The molecule has 0 aliphatic carbocycles. The molecular weight excluding hydrogens is 312 g/mol. The van der Waals surface area contributed by atoms with Crippen molar-refractivity contribution in [1.82, 2.24) is 19.4 Å². The summed E-state index contributed by atoms with van der Waals surface area (Å²) in [5.74, 6) is 0.859. The first kappa shape index (κ1) is 16.8. The Kier molecular flexibility index (Phi) is 5.45. The van der Waals surface area contributed by atoms with Crippen molar-refractivity contribution < 1.29 is 4.74 Å². The van der Waals surface area contributed by atoms with Gasteiger partial charge in [0.05, 0.1) is 19.5 Å². The second kappa shape index (κ2) is 8.13. The van der Waals surface area contributed by atoms with Crippen LogP contribution in [0, 0.1) is 5.92 Å². The molecule has 0 saturated carbocycles. The summed E-state index contributed by atoms with van der Waals surface area (Å²) in [6.07, 6.45) is 8.28. The zero-order chi connectivity index (χ0) is 16.9. The van der Waals surface area contributed by atoms with Crippen LogP contribution in [0.4, 0.5) is 0 Å². The smallest absolute Gasteiger partial charge is 0.0991 e. The first-order valence-corrected chi connectivity index (χ1v) is 9.46. The average molecular weight is 340 g/mol. The zero-order valence-corrected chi connectivity index (χ0v) is 14.9. The molecule has 2 aliphatic heterocycles. The molecule has 25 heavy (non-hydrogen) atoms. The van der Waals surface area contributed by atoms with Crippen LogP contribution in [0.5, 0.6) is 0 Å². The number of likely N-dealkylation sites (tertiary alicyclic amines) is 1. The van der Waals surface area contributed by atoms with Crippen molar-refractivity contribution in [2.75, 3.05) is 45.9 Å². The molecule has 1 aromatic heterocycles. The van der Waals surface area contributed by atoms with E-state index in [0.29, 0.717) is 0 Å². The summed E-state index contributed by atoms with van der Waals surface area (Å²) in [4.78, 5) is 9.29. The maximum absolute atomic E-state index is 5.45. The Bertz CT molecular complexity index is 626. The predicted octanol–water partition coefficient (Wildman–Crippen LogP) is 2.42. The quantitative estimate of drug-likeness (QED) is 0.837. The highest BCUT2D eigenvalue weighted by molar-refractivity contribution is 5.34. The lowest BCUT2D eigenvalue weighted by Crippen LogP contribution is -2.42. The van der Waals surface area contributed by atoms with Crippen LogP contribution in [0.15, 0.2) is 43.0 Å². The molecule has 0 radical (unpaired) electrons. The molecule has 4 rings (SSSR count). The maximum Gasteiger partial charge on any atom is 0.0991 e. The van der Waals surface area contributed by atoms with E-state index in [4.69, 9.17) is 4.74 Å². The largest absolute Gasteiger partial charge is 0.379 e. The molecule has 2 aliphatic rings. The van der Waals surface area contributed by atoms with E-state index >= 15 is 0 Å². The van der Waals surface area contributed by atoms with Gasteiger partial charge < -0.3 is 9.30 Å². The highest BCUT2D eigenvalue weighted by Gasteiger charge is 2.22. The van der Waals surface area contributed by atoms with Gasteiger partial charge in [-0.25, -0.2) is 4.98 Å². The summed E-state index contributed by atoms with van der Waals surface area (Å²) in [5.41, 5.74) is 2.57. The number of morpholine rings is 1. The second-order valence-corrected chi connectivity index (χ2v) is 7.27. The number of piperidine rings is 1. The molecule has 3 heterocycles. The fraction of sp³-hybridized carbons (Fsp3) is 0.550. The van der Waals surface area contributed by atoms with Crippen molar-refractivity contribution >= 4 is 0 Å². The van der Waals surface area contributed by atoms with Crippen molar-refractivity contribution in [3.8, 4) is 5.69 Å². The number of hydrogen-bond donors (Lipinski definition) is 0. The molecule has 0 atom stereocenters. The number of hydrogen-bond acceptors (Lipinski definition) is 4. The van der Waals surface area contributed by atoms with E-state index < -0.39 is 0 Å². The molecule has 2 saturated heterocycles. The normalized spacial score (nSPS) is 20.8. The van der Waals surface area contributed by atoms with Gasteiger partial charge in [0.1, 0.15) is 0 Å². The number of rotatable bonds is 5. The minimum Gasteiger partial charge on any atom is -0.379 e. The Hall–Kier alpha value is -1.69. The third-order valence-corrected chi connectivity index (χ3v) is 5.47. The molecule has 5 nitrogen and oxygen atoms in total. The Morgan fingerprint density at radius 3 is 2.40 bits per heavy atom. The van der Waals surface area contributed by atoms with Gasteiger partial charge in [0.15, 0.2) is 0 Å². The van der Waals surface area contributed by atoms with Crippen molar-refractivity contribution in [3.05, 3.63) is 48.5 Å². The summed E-state index contributed by atoms with van der Waals surface area (Å²) in [7, 11) is 0. The van der Waals surface area contributed by atoms with Gasteiger partial charge in [-0.3, -0.25) is 9.80 Å². The van der Waals surface area contributed by atoms with Gasteiger partial charge in [-0.15, -0.1) is 0 Å². The number of nitrogens with zero attached hydrogens (tertiary/aromatic N) is 4. The van der Waals surface area contributed by atoms with E-state index in [2.05, 4.69) is 39.0 Å². The minimum absolute atomic E-state index is 0.859.